The van der Waals surface area contributed by atoms with Gasteiger partial charge in [0, 0.05) is 0 Å². The molecule has 1 aromatic heterocycles. The molecule has 8 heteroatoms. The number of nitrogens with one attached hydrogen (secondary N) is 1. The lowest BCUT2D eigenvalue weighted by molar-refractivity contribution is -0.119. The molecule has 1 aromatic carbocycles. The quantitative estimate of drug-likeness (QED) is 0.826. The summed E-state index contributed by atoms with van der Waals surface area (Å²) in [7, 11) is 1.61. The number of ether oxygens (including phenoxy) is 1. The van der Waals surface area contributed by atoms with E-state index in [2.05, 4.69) is 15.6 Å². The van der Waals surface area contributed by atoms with Crippen molar-refractivity contribution in [3.05, 3.63) is 36.2 Å². The third kappa shape index (κ3) is 3.94. The maximum Gasteiger partial charge on any atom is 0.234 e. The molecule has 7 nitrogen and oxygen atoms in total. The molecule has 0 aliphatic carbocycles. The molecule has 0 fully saturated rings. The standard InChI is InChI=1S/C12H15N5O2.ClH/c1-19-11-4-2-10(3-5-11)17-8-9(15-16-17)7-14-12(18)6-13;/h2-5,8H,6-7,13H2,1H3,(H,14,18);1H. The van der Waals surface area contributed by atoms with E-state index in [1.54, 1.807) is 18.0 Å². The average Bonchev–Trinajstić information content (AvgIpc) is 2.93. The van der Waals surface area contributed by atoms with Gasteiger partial charge in [-0.15, -0.1) is 17.5 Å². The van der Waals surface area contributed by atoms with Crippen LogP contribution in [0.25, 0.3) is 5.69 Å². The molecule has 3 N–H and O–H groups in total. The number of carbonyl (C=O) groups excluding carboxylic acids is 1. The second-order valence-corrected chi connectivity index (χ2v) is 3.83. The van der Waals surface area contributed by atoms with E-state index in [1.165, 1.54) is 0 Å². The third-order valence-corrected chi connectivity index (χ3v) is 2.53. The number of carbonyl (C=O) groups is 1. The summed E-state index contributed by atoms with van der Waals surface area (Å²) in [5, 5.41) is 10.6. The number of benzene rings is 1. The van der Waals surface area contributed by atoms with Gasteiger partial charge in [-0.2, -0.15) is 0 Å². The lowest BCUT2D eigenvalue weighted by Crippen LogP contribution is -2.29. The van der Waals surface area contributed by atoms with Crippen molar-refractivity contribution in [2.24, 2.45) is 5.73 Å². The molecule has 0 spiro atoms. The summed E-state index contributed by atoms with van der Waals surface area (Å²) in [4.78, 5) is 11.0. The fraction of sp³-hybridized carbons (Fsp3) is 0.250. The van der Waals surface area contributed by atoms with E-state index in [-0.39, 0.29) is 24.9 Å². The number of halogens is 1. The summed E-state index contributed by atoms with van der Waals surface area (Å²) < 4.78 is 6.71. The monoisotopic (exact) mass is 297 g/mol. The van der Waals surface area contributed by atoms with Gasteiger partial charge in [0.05, 0.1) is 32.1 Å². The summed E-state index contributed by atoms with van der Waals surface area (Å²) >= 11 is 0. The molecular formula is C12H16ClN5O2. The molecule has 2 aromatic rings. The van der Waals surface area contributed by atoms with Crippen LogP contribution >= 0.6 is 12.4 Å². The molecule has 0 atom stereocenters. The summed E-state index contributed by atoms with van der Waals surface area (Å²) in [5.74, 6) is 0.554. The maximum atomic E-state index is 11.0. The van der Waals surface area contributed by atoms with Gasteiger partial charge in [-0.05, 0) is 24.3 Å². The van der Waals surface area contributed by atoms with Crippen LogP contribution in [0.2, 0.25) is 0 Å². The molecule has 0 saturated carbocycles. The van der Waals surface area contributed by atoms with E-state index >= 15 is 0 Å². The van der Waals surface area contributed by atoms with Gasteiger partial charge < -0.3 is 15.8 Å². The first-order chi connectivity index (χ1) is 9.22. The van der Waals surface area contributed by atoms with Crippen molar-refractivity contribution in [2.75, 3.05) is 13.7 Å². The van der Waals surface area contributed by atoms with Crippen molar-refractivity contribution in [3.8, 4) is 11.4 Å². The Morgan fingerprint density at radius 2 is 2.10 bits per heavy atom. The summed E-state index contributed by atoms with van der Waals surface area (Å²) in [6.45, 7) is 0.277. The van der Waals surface area contributed by atoms with Crippen molar-refractivity contribution >= 4 is 18.3 Å². The lowest BCUT2D eigenvalue weighted by Gasteiger charge is -2.02. The minimum atomic E-state index is -0.223. The van der Waals surface area contributed by atoms with E-state index in [9.17, 15) is 4.79 Å². The number of amides is 1. The first-order valence-electron chi connectivity index (χ1n) is 5.75. The largest absolute Gasteiger partial charge is 0.497 e. The smallest absolute Gasteiger partial charge is 0.234 e. The zero-order chi connectivity index (χ0) is 13.7. The summed E-state index contributed by atoms with van der Waals surface area (Å²) in [6.07, 6.45) is 1.75. The molecular weight excluding hydrogens is 282 g/mol. The zero-order valence-corrected chi connectivity index (χ0v) is 11.8. The van der Waals surface area contributed by atoms with Gasteiger partial charge in [0.1, 0.15) is 11.4 Å². The molecule has 0 aliphatic heterocycles. The molecule has 0 unspecified atom stereocenters. The average molecular weight is 298 g/mol. The minimum absolute atomic E-state index is 0. The molecule has 0 saturated heterocycles. The first kappa shape index (κ1) is 15.9. The van der Waals surface area contributed by atoms with Gasteiger partial charge >= 0.3 is 0 Å². The number of nitrogens with two attached hydrogens (primary N) is 1. The van der Waals surface area contributed by atoms with Crippen LogP contribution in [0.1, 0.15) is 5.69 Å². The highest BCUT2D eigenvalue weighted by Gasteiger charge is 2.04. The van der Waals surface area contributed by atoms with Gasteiger partial charge in [0.2, 0.25) is 5.91 Å². The van der Waals surface area contributed by atoms with E-state index in [0.29, 0.717) is 12.2 Å². The van der Waals surface area contributed by atoms with Gasteiger partial charge in [-0.3, -0.25) is 4.79 Å². The molecule has 0 bridgehead atoms. The predicted octanol–water partition coefficient (Wildman–Crippen LogP) is 0.273. The number of methoxy groups -OCH3 is 1. The molecule has 20 heavy (non-hydrogen) atoms. The minimum Gasteiger partial charge on any atom is -0.497 e. The van der Waals surface area contributed by atoms with Crippen molar-refractivity contribution in [3.63, 3.8) is 0 Å². The van der Waals surface area contributed by atoms with Crippen molar-refractivity contribution in [1.29, 1.82) is 0 Å². The van der Waals surface area contributed by atoms with Gasteiger partial charge in [-0.25, -0.2) is 4.68 Å². The Bertz CT molecular complexity index is 555. The van der Waals surface area contributed by atoms with E-state index in [1.807, 2.05) is 24.3 Å². The Kier molecular flexibility index (Phi) is 5.95. The highest BCUT2D eigenvalue weighted by Crippen LogP contribution is 2.14. The van der Waals surface area contributed by atoms with Crippen LogP contribution in [0.4, 0.5) is 0 Å². The van der Waals surface area contributed by atoms with Crippen LogP contribution in [0, 0.1) is 0 Å². The molecule has 0 radical (unpaired) electrons. The van der Waals surface area contributed by atoms with Crippen molar-refractivity contribution in [1.82, 2.24) is 20.3 Å². The lowest BCUT2D eigenvalue weighted by atomic mass is 10.3. The van der Waals surface area contributed by atoms with Gasteiger partial charge in [0.15, 0.2) is 0 Å². The van der Waals surface area contributed by atoms with Crippen LogP contribution < -0.4 is 15.8 Å². The van der Waals surface area contributed by atoms with Crippen LogP contribution in [0.15, 0.2) is 30.5 Å². The fourth-order valence-electron chi connectivity index (χ4n) is 1.50. The van der Waals surface area contributed by atoms with Crippen LogP contribution in [-0.2, 0) is 11.3 Å². The van der Waals surface area contributed by atoms with Crippen molar-refractivity contribution in [2.45, 2.75) is 6.54 Å². The number of nitrogens with zero attached hydrogens (tertiary/aromatic N) is 3. The highest BCUT2D eigenvalue weighted by atomic mass is 35.5. The normalized spacial score (nSPS) is 9.70. The number of aromatic nitrogens is 3. The summed E-state index contributed by atoms with van der Waals surface area (Å²) in [6, 6.07) is 7.42. The Labute approximate surface area is 122 Å². The third-order valence-electron chi connectivity index (χ3n) is 2.53. The van der Waals surface area contributed by atoms with Crippen LogP contribution in [-0.4, -0.2) is 34.6 Å². The van der Waals surface area contributed by atoms with E-state index < -0.39 is 0 Å². The topological polar surface area (TPSA) is 95.1 Å². The van der Waals surface area contributed by atoms with Crippen LogP contribution in [0.3, 0.4) is 0 Å². The second kappa shape index (κ2) is 7.46. The SMILES string of the molecule is COc1ccc(-n2cc(CNC(=O)CN)nn2)cc1.Cl. The maximum absolute atomic E-state index is 11.0. The molecule has 0 aliphatic rings. The van der Waals surface area contributed by atoms with E-state index in [4.69, 9.17) is 10.5 Å². The highest BCUT2D eigenvalue weighted by molar-refractivity contribution is 5.85. The van der Waals surface area contributed by atoms with Gasteiger partial charge in [0.25, 0.3) is 0 Å². The number of hydrogen-bond acceptors (Lipinski definition) is 5. The fourth-order valence-corrected chi connectivity index (χ4v) is 1.50. The van der Waals surface area contributed by atoms with Gasteiger partial charge in [-0.1, -0.05) is 5.21 Å². The first-order valence-corrected chi connectivity index (χ1v) is 5.75. The Balaban J connectivity index is 0.00000200. The Morgan fingerprint density at radius 3 is 2.70 bits per heavy atom. The molecule has 2 rings (SSSR count). The van der Waals surface area contributed by atoms with Crippen molar-refractivity contribution < 1.29 is 9.53 Å². The number of rotatable bonds is 5. The zero-order valence-electron chi connectivity index (χ0n) is 10.9. The Morgan fingerprint density at radius 1 is 1.40 bits per heavy atom. The Hall–Kier alpha value is -2.12. The van der Waals surface area contributed by atoms with Crippen LogP contribution in [0.5, 0.6) is 5.75 Å². The predicted molar refractivity (Wildman–Crippen MR) is 76.1 cm³/mol. The molecule has 108 valence electrons. The number of hydrogen-bond donors (Lipinski definition) is 2. The van der Waals surface area contributed by atoms with E-state index in [0.717, 1.165) is 11.4 Å². The summed E-state index contributed by atoms with van der Waals surface area (Å²) in [5.41, 5.74) is 6.72. The second-order valence-electron chi connectivity index (χ2n) is 3.83. The molecule has 1 heterocycles. The molecule has 1 amide bonds.